The fourth-order valence-electron chi connectivity index (χ4n) is 1.63. The van der Waals surface area contributed by atoms with Crippen LogP contribution in [0.1, 0.15) is 23.8 Å². The molecule has 18 heavy (non-hydrogen) atoms. The van der Waals surface area contributed by atoms with Crippen molar-refractivity contribution in [1.29, 1.82) is 0 Å². The SMILES string of the molecule is CCCc1c(Cl)ncnc1NCc1cc(Br)cs1. The van der Waals surface area contributed by atoms with E-state index >= 15 is 0 Å². The largest absolute Gasteiger partial charge is 0.365 e. The number of rotatable bonds is 5. The number of hydrogen-bond donors (Lipinski definition) is 1. The Labute approximate surface area is 124 Å². The molecule has 0 fully saturated rings. The van der Waals surface area contributed by atoms with E-state index in [2.05, 4.69) is 49.6 Å². The fraction of sp³-hybridized carbons (Fsp3) is 0.333. The van der Waals surface area contributed by atoms with Crippen LogP contribution in [0.15, 0.2) is 22.2 Å². The Hall–Kier alpha value is -0.650. The Morgan fingerprint density at radius 3 is 2.94 bits per heavy atom. The number of nitrogens with zero attached hydrogens (tertiary/aromatic N) is 2. The minimum Gasteiger partial charge on any atom is -0.365 e. The maximum absolute atomic E-state index is 6.10. The molecule has 0 radical (unpaired) electrons. The lowest BCUT2D eigenvalue weighted by Gasteiger charge is -2.10. The van der Waals surface area contributed by atoms with Gasteiger partial charge in [0.2, 0.25) is 0 Å². The van der Waals surface area contributed by atoms with E-state index in [0.717, 1.165) is 35.2 Å². The molecule has 2 heterocycles. The molecule has 2 aromatic heterocycles. The number of hydrogen-bond acceptors (Lipinski definition) is 4. The molecular weight excluding hydrogens is 334 g/mol. The molecule has 96 valence electrons. The van der Waals surface area contributed by atoms with Gasteiger partial charge in [-0.2, -0.15) is 0 Å². The minimum atomic E-state index is 0.543. The monoisotopic (exact) mass is 345 g/mol. The first-order valence-corrected chi connectivity index (χ1v) is 7.72. The van der Waals surface area contributed by atoms with Crippen molar-refractivity contribution >= 4 is 44.7 Å². The van der Waals surface area contributed by atoms with Gasteiger partial charge < -0.3 is 5.32 Å². The Balaban J connectivity index is 2.11. The van der Waals surface area contributed by atoms with Gasteiger partial charge in [0, 0.05) is 20.3 Å². The van der Waals surface area contributed by atoms with E-state index in [-0.39, 0.29) is 0 Å². The molecular formula is C12H13BrClN3S. The van der Waals surface area contributed by atoms with Gasteiger partial charge in [-0.05, 0) is 28.4 Å². The lowest BCUT2D eigenvalue weighted by atomic mass is 10.2. The van der Waals surface area contributed by atoms with Gasteiger partial charge >= 0.3 is 0 Å². The third-order valence-electron chi connectivity index (χ3n) is 2.44. The van der Waals surface area contributed by atoms with Crippen LogP contribution in [0.4, 0.5) is 5.82 Å². The summed E-state index contributed by atoms with van der Waals surface area (Å²) in [5.41, 5.74) is 0.997. The predicted octanol–water partition coefficient (Wildman–Crippen LogP) is 4.52. The molecule has 2 aromatic rings. The number of halogens is 2. The zero-order valence-electron chi connectivity index (χ0n) is 9.91. The van der Waals surface area contributed by atoms with Crippen LogP contribution in [0.25, 0.3) is 0 Å². The molecule has 0 unspecified atom stereocenters. The first kappa shape index (κ1) is 13.8. The molecule has 1 N–H and O–H groups in total. The summed E-state index contributed by atoms with van der Waals surface area (Å²) in [5, 5.41) is 5.93. The van der Waals surface area contributed by atoms with Gasteiger partial charge in [-0.1, -0.05) is 24.9 Å². The topological polar surface area (TPSA) is 37.8 Å². The molecule has 2 rings (SSSR count). The first-order valence-electron chi connectivity index (χ1n) is 5.67. The molecule has 6 heteroatoms. The highest BCUT2D eigenvalue weighted by Gasteiger charge is 2.09. The van der Waals surface area contributed by atoms with Crippen LogP contribution in [0.3, 0.4) is 0 Å². The highest BCUT2D eigenvalue weighted by molar-refractivity contribution is 9.10. The predicted molar refractivity (Wildman–Crippen MR) is 80.4 cm³/mol. The van der Waals surface area contributed by atoms with Crippen molar-refractivity contribution in [2.75, 3.05) is 5.32 Å². The van der Waals surface area contributed by atoms with Gasteiger partial charge in [0.05, 0.1) is 6.54 Å². The van der Waals surface area contributed by atoms with Crippen LogP contribution in [0.5, 0.6) is 0 Å². The molecule has 0 aromatic carbocycles. The van der Waals surface area contributed by atoms with Gasteiger partial charge in [-0.3, -0.25) is 0 Å². The van der Waals surface area contributed by atoms with Crippen LogP contribution in [-0.4, -0.2) is 9.97 Å². The molecule has 0 aliphatic carbocycles. The molecule has 0 bridgehead atoms. The van der Waals surface area contributed by atoms with Crippen LogP contribution in [-0.2, 0) is 13.0 Å². The lowest BCUT2D eigenvalue weighted by Crippen LogP contribution is -2.05. The van der Waals surface area contributed by atoms with Crippen molar-refractivity contribution in [3.63, 3.8) is 0 Å². The van der Waals surface area contributed by atoms with Gasteiger partial charge in [0.15, 0.2) is 0 Å². The molecule has 0 saturated heterocycles. The maximum Gasteiger partial charge on any atom is 0.137 e. The van der Waals surface area contributed by atoms with Crippen molar-refractivity contribution in [1.82, 2.24) is 9.97 Å². The minimum absolute atomic E-state index is 0.543. The standard InChI is InChI=1S/C12H13BrClN3S/c1-2-3-10-11(14)16-7-17-12(10)15-5-9-4-8(13)6-18-9/h4,6-7H,2-3,5H2,1H3,(H,15,16,17). The summed E-state index contributed by atoms with van der Waals surface area (Å²) >= 11 is 11.2. The van der Waals surface area contributed by atoms with Crippen LogP contribution < -0.4 is 5.32 Å². The van der Waals surface area contributed by atoms with Gasteiger partial charge in [-0.25, -0.2) is 9.97 Å². The van der Waals surface area contributed by atoms with Crippen molar-refractivity contribution in [2.24, 2.45) is 0 Å². The van der Waals surface area contributed by atoms with Crippen LogP contribution in [0.2, 0.25) is 5.15 Å². The van der Waals surface area contributed by atoms with E-state index in [1.807, 2.05) is 0 Å². The second-order valence-corrected chi connectivity index (χ2v) is 6.10. The van der Waals surface area contributed by atoms with Crippen LogP contribution in [0, 0.1) is 0 Å². The van der Waals surface area contributed by atoms with E-state index in [0.29, 0.717) is 5.15 Å². The normalized spacial score (nSPS) is 10.6. The molecule has 0 aliphatic rings. The summed E-state index contributed by atoms with van der Waals surface area (Å²) in [6, 6.07) is 2.10. The molecule has 3 nitrogen and oxygen atoms in total. The molecule has 0 spiro atoms. The highest BCUT2D eigenvalue weighted by Crippen LogP contribution is 2.24. The number of anilines is 1. The molecule has 0 amide bonds. The number of nitrogens with one attached hydrogen (secondary N) is 1. The van der Waals surface area contributed by atoms with Crippen LogP contribution >= 0.6 is 38.9 Å². The van der Waals surface area contributed by atoms with E-state index in [1.165, 1.54) is 11.2 Å². The number of thiophene rings is 1. The Morgan fingerprint density at radius 2 is 2.28 bits per heavy atom. The van der Waals surface area contributed by atoms with Crippen molar-refractivity contribution in [3.8, 4) is 0 Å². The van der Waals surface area contributed by atoms with Crippen molar-refractivity contribution in [2.45, 2.75) is 26.3 Å². The highest BCUT2D eigenvalue weighted by atomic mass is 79.9. The zero-order chi connectivity index (χ0) is 13.0. The van der Waals surface area contributed by atoms with E-state index < -0.39 is 0 Å². The van der Waals surface area contributed by atoms with E-state index in [9.17, 15) is 0 Å². The molecule has 0 saturated carbocycles. The second kappa shape index (κ2) is 6.50. The number of aromatic nitrogens is 2. The van der Waals surface area contributed by atoms with Gasteiger partial charge in [-0.15, -0.1) is 11.3 Å². The Bertz CT molecular complexity index is 530. The van der Waals surface area contributed by atoms with Crippen molar-refractivity contribution in [3.05, 3.63) is 37.8 Å². The third-order valence-corrected chi connectivity index (χ3v) is 4.47. The molecule has 0 aliphatic heterocycles. The Kier molecular flexibility index (Phi) is 4.97. The summed E-state index contributed by atoms with van der Waals surface area (Å²) in [6.45, 7) is 2.86. The van der Waals surface area contributed by atoms with Gasteiger partial charge in [0.1, 0.15) is 17.3 Å². The first-order chi connectivity index (χ1) is 8.70. The average Bonchev–Trinajstić information content (AvgIpc) is 2.76. The summed E-state index contributed by atoms with van der Waals surface area (Å²) in [7, 11) is 0. The average molecular weight is 347 g/mol. The summed E-state index contributed by atoms with van der Waals surface area (Å²) in [5.74, 6) is 0.835. The van der Waals surface area contributed by atoms with Crippen molar-refractivity contribution < 1.29 is 0 Å². The summed E-state index contributed by atoms with van der Waals surface area (Å²) in [6.07, 6.45) is 3.40. The smallest absolute Gasteiger partial charge is 0.137 e. The zero-order valence-corrected chi connectivity index (χ0v) is 13.1. The summed E-state index contributed by atoms with van der Waals surface area (Å²) < 4.78 is 1.11. The fourth-order valence-corrected chi connectivity index (χ4v) is 3.25. The maximum atomic E-state index is 6.10. The second-order valence-electron chi connectivity index (χ2n) is 3.83. The van der Waals surface area contributed by atoms with E-state index in [4.69, 9.17) is 11.6 Å². The Morgan fingerprint density at radius 1 is 1.44 bits per heavy atom. The van der Waals surface area contributed by atoms with Gasteiger partial charge in [0.25, 0.3) is 0 Å². The quantitative estimate of drug-likeness (QED) is 0.809. The summed E-state index contributed by atoms with van der Waals surface area (Å²) in [4.78, 5) is 9.54. The third kappa shape index (κ3) is 3.43. The molecule has 0 atom stereocenters. The lowest BCUT2D eigenvalue weighted by molar-refractivity contribution is 0.898. The van der Waals surface area contributed by atoms with E-state index in [1.54, 1.807) is 11.3 Å².